The Balaban J connectivity index is 1.55. The molecule has 0 unspecified atom stereocenters. The maximum atomic E-state index is 12.4. The molecule has 0 aliphatic heterocycles. The molecule has 156 valence electrons. The second-order valence-electron chi connectivity index (χ2n) is 6.72. The summed E-state index contributed by atoms with van der Waals surface area (Å²) in [4.78, 5) is 24.4. The highest BCUT2D eigenvalue weighted by molar-refractivity contribution is 8.00. The number of thioether (sulfide) groups is 1. The number of nitrogens with zero attached hydrogens (tertiary/aromatic N) is 3. The first-order valence-electron chi connectivity index (χ1n) is 9.82. The molecule has 0 aliphatic carbocycles. The molecule has 0 saturated carbocycles. The van der Waals surface area contributed by atoms with Gasteiger partial charge in [0.25, 0.3) is 0 Å². The van der Waals surface area contributed by atoms with E-state index in [9.17, 15) is 9.59 Å². The number of carbonyl (C=O) groups excluding carboxylic acids is 2. The van der Waals surface area contributed by atoms with Crippen LogP contribution >= 0.6 is 11.8 Å². The molecule has 3 aromatic rings. The molecule has 0 radical (unpaired) electrons. The normalized spacial score (nSPS) is 11.7. The van der Waals surface area contributed by atoms with Crippen LogP contribution < -0.4 is 10.6 Å². The number of hydrogen-bond donors (Lipinski definition) is 2. The van der Waals surface area contributed by atoms with Crippen molar-refractivity contribution in [2.24, 2.45) is 0 Å². The number of aromatic nitrogens is 3. The van der Waals surface area contributed by atoms with Crippen LogP contribution in [0.15, 0.2) is 65.8 Å². The lowest BCUT2D eigenvalue weighted by Gasteiger charge is -2.13. The van der Waals surface area contributed by atoms with Crippen LogP contribution in [-0.4, -0.2) is 32.0 Å². The smallest absolute Gasteiger partial charge is 0.321 e. The molecule has 1 heterocycles. The van der Waals surface area contributed by atoms with E-state index in [4.69, 9.17) is 0 Å². The molecule has 1 atom stereocenters. The van der Waals surface area contributed by atoms with E-state index in [1.54, 1.807) is 6.92 Å². The van der Waals surface area contributed by atoms with Crippen LogP contribution in [0.2, 0.25) is 0 Å². The summed E-state index contributed by atoms with van der Waals surface area (Å²) in [5, 5.41) is 13.8. The molecule has 0 aliphatic rings. The highest BCUT2D eigenvalue weighted by Gasteiger charge is 2.21. The van der Waals surface area contributed by atoms with Gasteiger partial charge in [0.15, 0.2) is 5.16 Å². The molecule has 3 rings (SSSR count). The third-order valence-electron chi connectivity index (χ3n) is 4.50. The minimum absolute atomic E-state index is 0.356. The third kappa shape index (κ3) is 5.93. The monoisotopic (exact) mass is 423 g/mol. The van der Waals surface area contributed by atoms with Crippen molar-refractivity contribution in [2.75, 3.05) is 0 Å². The molecule has 2 aromatic carbocycles. The molecular weight excluding hydrogens is 398 g/mol. The highest BCUT2D eigenvalue weighted by atomic mass is 32.2. The Morgan fingerprint density at radius 3 is 2.27 bits per heavy atom. The first-order chi connectivity index (χ1) is 14.6. The van der Waals surface area contributed by atoms with Crippen molar-refractivity contribution < 1.29 is 9.59 Å². The number of hydrogen-bond acceptors (Lipinski definition) is 5. The molecule has 0 spiro atoms. The summed E-state index contributed by atoms with van der Waals surface area (Å²) in [6.07, 6.45) is 0.671. The van der Waals surface area contributed by atoms with Crippen molar-refractivity contribution in [3.8, 4) is 0 Å². The van der Waals surface area contributed by atoms with Crippen LogP contribution in [0.1, 0.15) is 30.8 Å². The quantitative estimate of drug-likeness (QED) is 0.542. The SMILES string of the molecule is CCn1c(Cc2ccccc2)nnc1S[C@@H](C)C(=O)NC(=O)NCc1ccccc1. The predicted molar refractivity (Wildman–Crippen MR) is 117 cm³/mol. The summed E-state index contributed by atoms with van der Waals surface area (Å²) in [6.45, 7) is 4.82. The van der Waals surface area contributed by atoms with E-state index in [0.29, 0.717) is 24.7 Å². The van der Waals surface area contributed by atoms with E-state index in [-0.39, 0.29) is 5.91 Å². The number of benzene rings is 2. The molecule has 3 amide bonds. The van der Waals surface area contributed by atoms with Crippen molar-refractivity contribution in [2.45, 2.75) is 43.8 Å². The Labute approximate surface area is 180 Å². The highest BCUT2D eigenvalue weighted by Crippen LogP contribution is 2.23. The van der Waals surface area contributed by atoms with Crippen LogP contribution in [0.4, 0.5) is 4.79 Å². The van der Waals surface area contributed by atoms with Crippen LogP contribution in [0.3, 0.4) is 0 Å². The van der Waals surface area contributed by atoms with Gasteiger partial charge < -0.3 is 9.88 Å². The molecule has 0 fully saturated rings. The van der Waals surface area contributed by atoms with Gasteiger partial charge in [-0.25, -0.2) is 4.79 Å². The zero-order chi connectivity index (χ0) is 21.3. The number of rotatable bonds is 8. The predicted octanol–water partition coefficient (Wildman–Crippen LogP) is 3.40. The number of urea groups is 1. The molecule has 2 N–H and O–H groups in total. The zero-order valence-corrected chi connectivity index (χ0v) is 17.9. The molecule has 1 aromatic heterocycles. The third-order valence-corrected chi connectivity index (χ3v) is 5.58. The largest absolute Gasteiger partial charge is 0.334 e. The van der Waals surface area contributed by atoms with Crippen LogP contribution in [0.25, 0.3) is 0 Å². The summed E-state index contributed by atoms with van der Waals surface area (Å²) in [6, 6.07) is 19.1. The van der Waals surface area contributed by atoms with E-state index in [0.717, 1.165) is 17.0 Å². The molecule has 0 bridgehead atoms. The summed E-state index contributed by atoms with van der Waals surface area (Å²) in [5.41, 5.74) is 2.11. The van der Waals surface area contributed by atoms with E-state index < -0.39 is 11.3 Å². The van der Waals surface area contributed by atoms with E-state index in [1.165, 1.54) is 11.8 Å². The first-order valence-corrected chi connectivity index (χ1v) is 10.7. The van der Waals surface area contributed by atoms with Crippen molar-refractivity contribution in [3.63, 3.8) is 0 Å². The Kier molecular flexibility index (Phi) is 7.62. The first kappa shape index (κ1) is 21.6. The van der Waals surface area contributed by atoms with Gasteiger partial charge in [0, 0.05) is 19.5 Å². The number of amides is 3. The summed E-state index contributed by atoms with van der Waals surface area (Å²) >= 11 is 1.29. The van der Waals surface area contributed by atoms with Crippen molar-refractivity contribution in [1.29, 1.82) is 0 Å². The number of nitrogens with one attached hydrogen (secondary N) is 2. The van der Waals surface area contributed by atoms with Crippen molar-refractivity contribution >= 4 is 23.7 Å². The summed E-state index contributed by atoms with van der Waals surface area (Å²) < 4.78 is 2.00. The van der Waals surface area contributed by atoms with Gasteiger partial charge >= 0.3 is 6.03 Å². The van der Waals surface area contributed by atoms with Gasteiger partial charge in [0.05, 0.1) is 5.25 Å². The lowest BCUT2D eigenvalue weighted by Crippen LogP contribution is -2.42. The maximum absolute atomic E-state index is 12.4. The maximum Gasteiger partial charge on any atom is 0.321 e. The molecular formula is C22H25N5O2S. The lowest BCUT2D eigenvalue weighted by molar-refractivity contribution is -0.119. The number of imide groups is 1. The summed E-state index contributed by atoms with van der Waals surface area (Å²) in [5.74, 6) is 0.472. The Morgan fingerprint density at radius 1 is 1.00 bits per heavy atom. The van der Waals surface area contributed by atoms with Crippen LogP contribution in [-0.2, 0) is 24.3 Å². The van der Waals surface area contributed by atoms with Gasteiger partial charge in [-0.15, -0.1) is 10.2 Å². The van der Waals surface area contributed by atoms with Crippen LogP contribution in [0, 0.1) is 0 Å². The average Bonchev–Trinajstić information content (AvgIpc) is 3.14. The van der Waals surface area contributed by atoms with E-state index in [2.05, 4.69) is 20.8 Å². The average molecular weight is 424 g/mol. The minimum Gasteiger partial charge on any atom is -0.334 e. The molecule has 0 saturated heterocycles. The van der Waals surface area contributed by atoms with Crippen molar-refractivity contribution in [3.05, 3.63) is 77.6 Å². The number of carbonyl (C=O) groups is 2. The van der Waals surface area contributed by atoms with Gasteiger partial charge in [-0.1, -0.05) is 72.4 Å². The topological polar surface area (TPSA) is 88.9 Å². The van der Waals surface area contributed by atoms with Crippen molar-refractivity contribution in [1.82, 2.24) is 25.4 Å². The fourth-order valence-electron chi connectivity index (χ4n) is 2.88. The lowest BCUT2D eigenvalue weighted by atomic mass is 10.1. The van der Waals surface area contributed by atoms with Gasteiger partial charge in [0.2, 0.25) is 5.91 Å². The fourth-order valence-corrected chi connectivity index (χ4v) is 3.81. The van der Waals surface area contributed by atoms with Gasteiger partial charge in [-0.3, -0.25) is 10.1 Å². The second kappa shape index (κ2) is 10.6. The van der Waals surface area contributed by atoms with Gasteiger partial charge in [-0.05, 0) is 25.0 Å². The van der Waals surface area contributed by atoms with Crippen LogP contribution in [0.5, 0.6) is 0 Å². The molecule has 8 heteroatoms. The zero-order valence-electron chi connectivity index (χ0n) is 17.0. The van der Waals surface area contributed by atoms with Gasteiger partial charge in [-0.2, -0.15) is 0 Å². The summed E-state index contributed by atoms with van der Waals surface area (Å²) in [7, 11) is 0. The molecule has 30 heavy (non-hydrogen) atoms. The van der Waals surface area contributed by atoms with E-state index >= 15 is 0 Å². The second-order valence-corrected chi connectivity index (χ2v) is 8.03. The Bertz CT molecular complexity index is 976. The van der Waals surface area contributed by atoms with E-state index in [1.807, 2.05) is 72.2 Å². The van der Waals surface area contributed by atoms with Gasteiger partial charge in [0.1, 0.15) is 5.82 Å². The minimum atomic E-state index is -0.516. The molecule has 7 nitrogen and oxygen atoms in total. The Hall–Kier alpha value is -3.13. The standard InChI is InChI=1S/C22H25N5O2S/c1-3-27-19(14-17-10-6-4-7-11-17)25-26-22(27)30-16(2)20(28)24-21(29)23-15-18-12-8-5-9-13-18/h4-13,16H,3,14-15H2,1-2H3,(H2,23,24,28,29)/t16-/m0/s1. The Morgan fingerprint density at radius 2 is 1.63 bits per heavy atom. The fraction of sp³-hybridized carbons (Fsp3) is 0.273.